The molecule has 0 aliphatic carbocycles. The average Bonchev–Trinajstić information content (AvgIpc) is 2.56. The molecule has 1 aromatic carbocycles. The maximum atomic E-state index is 14.5. The number of nitrogens with zero attached hydrogens (tertiary/aromatic N) is 2. The number of urea groups is 1. The third kappa shape index (κ3) is 2.99. The lowest BCUT2D eigenvalue weighted by molar-refractivity contribution is -0.269. The Morgan fingerprint density at radius 3 is 2.50 bits per heavy atom. The molecule has 2 N–H and O–H groups in total. The zero-order valence-electron chi connectivity index (χ0n) is 13.8. The molecule has 0 radical (unpaired) electrons. The number of anilines is 2. The molecule has 2 aliphatic rings. The van der Waals surface area contributed by atoms with Crippen LogP contribution < -0.4 is 19.9 Å². The summed E-state index contributed by atoms with van der Waals surface area (Å²) in [6.07, 6.45) is -1.72. The van der Waals surface area contributed by atoms with E-state index in [-0.39, 0.29) is 22.9 Å². The summed E-state index contributed by atoms with van der Waals surface area (Å²) in [5.41, 5.74) is -4.58. The van der Waals surface area contributed by atoms with E-state index in [4.69, 9.17) is 11.2 Å². The third-order valence-corrected chi connectivity index (χ3v) is 4.10. The molecule has 1 fully saturated rings. The fraction of sp³-hybridized carbons (Fsp3) is 0.312. The minimum atomic E-state index is -5.33. The van der Waals surface area contributed by atoms with Crippen LogP contribution in [0.4, 0.5) is 33.7 Å². The number of halogens is 4. The SMILES string of the molecule is C#CCN1C(=O)COc2cc(F)c(N3C(=O)CC(O)(C(F)(F)F)NC3=O)cc21. The predicted molar refractivity (Wildman–Crippen MR) is 84.7 cm³/mol. The molecular formula is C16H11F4N3O5. The largest absolute Gasteiger partial charge is 0.481 e. The van der Waals surface area contributed by atoms with E-state index in [1.54, 1.807) is 0 Å². The molecule has 2 aliphatic heterocycles. The van der Waals surface area contributed by atoms with Gasteiger partial charge in [0, 0.05) is 6.07 Å². The minimum Gasteiger partial charge on any atom is -0.481 e. The van der Waals surface area contributed by atoms with Gasteiger partial charge in [0.2, 0.25) is 11.6 Å². The standard InChI is InChI=1S/C16H11F4N3O5/c1-2-3-22-10-5-9(8(17)4-11(10)28-7-13(22)25)23-12(24)6-15(27,16(18,19)20)21-14(23)26/h1,4-5,27H,3,6-7H2,(H,21,26). The van der Waals surface area contributed by atoms with Crippen LogP contribution in [0.15, 0.2) is 12.1 Å². The summed E-state index contributed by atoms with van der Waals surface area (Å²) in [5, 5.41) is 10.8. The number of rotatable bonds is 2. The third-order valence-electron chi connectivity index (χ3n) is 4.10. The molecule has 1 saturated heterocycles. The molecule has 2 heterocycles. The van der Waals surface area contributed by atoms with Crippen LogP contribution in [0.2, 0.25) is 0 Å². The van der Waals surface area contributed by atoms with Gasteiger partial charge < -0.3 is 15.2 Å². The predicted octanol–water partition coefficient (Wildman–Crippen LogP) is 0.882. The number of benzene rings is 1. The quantitative estimate of drug-likeness (QED) is 0.566. The van der Waals surface area contributed by atoms with E-state index in [0.717, 1.165) is 17.0 Å². The summed E-state index contributed by atoms with van der Waals surface area (Å²) in [4.78, 5) is 37.3. The smallest absolute Gasteiger partial charge is 0.437 e. The van der Waals surface area contributed by atoms with Crippen LogP contribution in [0, 0.1) is 18.2 Å². The number of ether oxygens (including phenoxy) is 1. The number of nitrogens with one attached hydrogen (secondary N) is 1. The zero-order chi connectivity index (χ0) is 20.9. The number of carbonyl (C=O) groups excluding carboxylic acids is 3. The monoisotopic (exact) mass is 401 g/mol. The van der Waals surface area contributed by atoms with Gasteiger partial charge in [-0.25, -0.2) is 14.1 Å². The van der Waals surface area contributed by atoms with Crippen molar-refractivity contribution in [2.45, 2.75) is 18.3 Å². The maximum Gasteiger partial charge on any atom is 0.437 e. The number of amides is 4. The van der Waals surface area contributed by atoms with Crippen molar-refractivity contribution in [3.8, 4) is 18.1 Å². The van der Waals surface area contributed by atoms with Crippen molar-refractivity contribution in [3.05, 3.63) is 17.9 Å². The van der Waals surface area contributed by atoms with Gasteiger partial charge in [0.25, 0.3) is 5.91 Å². The molecule has 1 atom stereocenters. The van der Waals surface area contributed by atoms with E-state index in [1.165, 1.54) is 5.32 Å². The first kappa shape index (κ1) is 19.4. The van der Waals surface area contributed by atoms with E-state index < -0.39 is 54.3 Å². The van der Waals surface area contributed by atoms with Crippen LogP contribution in [-0.4, -0.2) is 48.0 Å². The highest BCUT2D eigenvalue weighted by Gasteiger charge is 2.60. The number of fused-ring (bicyclic) bond motifs is 1. The van der Waals surface area contributed by atoms with Crippen LogP contribution in [0.1, 0.15) is 6.42 Å². The number of carbonyl (C=O) groups is 3. The molecule has 0 bridgehead atoms. The van der Waals surface area contributed by atoms with Gasteiger partial charge in [0.05, 0.1) is 24.3 Å². The van der Waals surface area contributed by atoms with Gasteiger partial charge in [-0.2, -0.15) is 13.2 Å². The highest BCUT2D eigenvalue weighted by Crippen LogP contribution is 2.40. The second-order valence-electron chi connectivity index (χ2n) is 5.94. The minimum absolute atomic E-state index is 0.0668. The maximum absolute atomic E-state index is 14.5. The van der Waals surface area contributed by atoms with Crippen LogP contribution in [0.5, 0.6) is 5.75 Å². The molecule has 0 saturated carbocycles. The topological polar surface area (TPSA) is 99.2 Å². The molecule has 0 spiro atoms. The molecule has 28 heavy (non-hydrogen) atoms. The van der Waals surface area contributed by atoms with Crippen molar-refractivity contribution < 1.29 is 41.8 Å². The summed E-state index contributed by atoms with van der Waals surface area (Å²) in [6.45, 7) is -0.649. The second-order valence-corrected chi connectivity index (χ2v) is 5.94. The van der Waals surface area contributed by atoms with Gasteiger partial charge in [-0.15, -0.1) is 6.42 Å². The summed E-state index contributed by atoms with van der Waals surface area (Å²) >= 11 is 0. The molecule has 12 heteroatoms. The number of terminal acetylenes is 1. The highest BCUT2D eigenvalue weighted by molar-refractivity contribution is 6.17. The van der Waals surface area contributed by atoms with Gasteiger partial charge >= 0.3 is 12.2 Å². The van der Waals surface area contributed by atoms with E-state index in [0.29, 0.717) is 0 Å². The molecule has 3 rings (SSSR count). The number of alkyl halides is 3. The zero-order valence-corrected chi connectivity index (χ0v) is 13.8. The molecule has 148 valence electrons. The van der Waals surface area contributed by atoms with Gasteiger partial charge in [0.15, 0.2) is 12.4 Å². The molecule has 8 nitrogen and oxygen atoms in total. The van der Waals surface area contributed by atoms with Gasteiger partial charge in [0.1, 0.15) is 5.75 Å². The normalized spacial score (nSPS) is 22.4. The Kier molecular flexibility index (Phi) is 4.43. The first-order valence-electron chi connectivity index (χ1n) is 7.63. The Morgan fingerprint density at radius 2 is 1.93 bits per heavy atom. The average molecular weight is 401 g/mol. The van der Waals surface area contributed by atoms with Crippen LogP contribution >= 0.6 is 0 Å². The van der Waals surface area contributed by atoms with Crippen molar-refractivity contribution in [1.29, 1.82) is 0 Å². The second kappa shape index (κ2) is 6.38. The van der Waals surface area contributed by atoms with Crippen molar-refractivity contribution in [2.75, 3.05) is 23.0 Å². The summed E-state index contributed by atoms with van der Waals surface area (Å²) in [6, 6.07) is -0.0400. The summed E-state index contributed by atoms with van der Waals surface area (Å²) in [5.74, 6) is -1.16. The first-order valence-corrected chi connectivity index (χ1v) is 7.63. The number of imide groups is 1. The lowest BCUT2D eigenvalue weighted by atomic mass is 10.0. The number of hydrogen-bond donors (Lipinski definition) is 2. The highest BCUT2D eigenvalue weighted by atomic mass is 19.4. The Bertz CT molecular complexity index is 906. The number of hydrogen-bond acceptors (Lipinski definition) is 5. The van der Waals surface area contributed by atoms with Gasteiger partial charge in [-0.1, -0.05) is 5.92 Å². The Hall–Kier alpha value is -3.33. The van der Waals surface area contributed by atoms with Crippen molar-refractivity contribution in [3.63, 3.8) is 0 Å². The van der Waals surface area contributed by atoms with Crippen molar-refractivity contribution >= 4 is 29.2 Å². The lowest BCUT2D eigenvalue weighted by Gasteiger charge is -2.38. The van der Waals surface area contributed by atoms with Crippen molar-refractivity contribution in [2.24, 2.45) is 0 Å². The first-order chi connectivity index (χ1) is 13.0. The fourth-order valence-electron chi connectivity index (χ4n) is 2.75. The molecule has 4 amide bonds. The van der Waals surface area contributed by atoms with Gasteiger partial charge in [-0.3, -0.25) is 14.5 Å². The summed E-state index contributed by atoms with van der Waals surface area (Å²) in [7, 11) is 0. The Labute approximate surface area is 154 Å². The molecular weight excluding hydrogens is 390 g/mol. The van der Waals surface area contributed by atoms with Crippen LogP contribution in [0.3, 0.4) is 0 Å². The van der Waals surface area contributed by atoms with Crippen LogP contribution in [0.25, 0.3) is 0 Å². The van der Waals surface area contributed by atoms with Crippen molar-refractivity contribution in [1.82, 2.24) is 5.32 Å². The molecule has 1 unspecified atom stereocenters. The summed E-state index contributed by atoms with van der Waals surface area (Å²) < 4.78 is 58.2. The van der Waals surface area contributed by atoms with E-state index >= 15 is 0 Å². The van der Waals surface area contributed by atoms with Crippen LogP contribution in [-0.2, 0) is 9.59 Å². The van der Waals surface area contributed by atoms with E-state index in [2.05, 4.69) is 5.92 Å². The lowest BCUT2D eigenvalue weighted by Crippen LogP contribution is -2.68. The number of aliphatic hydroxyl groups is 1. The molecule has 1 aromatic rings. The Morgan fingerprint density at radius 1 is 1.25 bits per heavy atom. The molecule has 0 aromatic heterocycles. The fourth-order valence-corrected chi connectivity index (χ4v) is 2.75. The Balaban J connectivity index is 2.03. The van der Waals surface area contributed by atoms with Gasteiger partial charge in [-0.05, 0) is 6.07 Å². The van der Waals surface area contributed by atoms with E-state index in [9.17, 15) is 37.1 Å². The van der Waals surface area contributed by atoms with E-state index in [1.807, 2.05) is 0 Å².